The Morgan fingerprint density at radius 2 is 2.04 bits per heavy atom. The van der Waals surface area contributed by atoms with Crippen molar-refractivity contribution in [2.24, 2.45) is 0 Å². The molecule has 0 aliphatic carbocycles. The van der Waals surface area contributed by atoms with Crippen LogP contribution in [-0.4, -0.2) is 49.0 Å². The van der Waals surface area contributed by atoms with E-state index in [-0.39, 0.29) is 25.0 Å². The van der Waals surface area contributed by atoms with Gasteiger partial charge in [-0.05, 0) is 48.7 Å². The Labute approximate surface area is 165 Å². The van der Waals surface area contributed by atoms with Crippen molar-refractivity contribution in [1.29, 1.82) is 0 Å². The number of carbonyl (C=O) groups is 2. The lowest BCUT2D eigenvalue weighted by molar-refractivity contribution is -0.135. The van der Waals surface area contributed by atoms with Crippen molar-refractivity contribution in [3.05, 3.63) is 60.3 Å². The van der Waals surface area contributed by atoms with Gasteiger partial charge in [0.05, 0.1) is 13.7 Å². The molecule has 0 fully saturated rings. The van der Waals surface area contributed by atoms with Gasteiger partial charge < -0.3 is 19.7 Å². The Hall–Kier alpha value is -3.35. The summed E-state index contributed by atoms with van der Waals surface area (Å²) in [5, 5.41) is 2.67. The molecule has 1 N–H and O–H groups in total. The molecule has 0 aliphatic rings. The number of methoxy groups -OCH3 is 1. The summed E-state index contributed by atoms with van der Waals surface area (Å²) in [5.41, 5.74) is 2.01. The molecule has 0 spiro atoms. The molecule has 1 aromatic heterocycles. The zero-order chi connectivity index (χ0) is 20.5. The lowest BCUT2D eigenvalue weighted by Crippen LogP contribution is -2.37. The van der Waals surface area contributed by atoms with Crippen LogP contribution >= 0.6 is 0 Å². The van der Waals surface area contributed by atoms with E-state index in [1.54, 1.807) is 31.5 Å². The first-order chi connectivity index (χ1) is 13.4. The summed E-state index contributed by atoms with van der Waals surface area (Å²) in [5.74, 6) is 0.792. The molecular weight excluding hydrogens is 358 g/mol. The maximum absolute atomic E-state index is 12.3. The number of allylic oxidation sites excluding steroid dienone is 1. The second-order valence-electron chi connectivity index (χ2n) is 6.28. The van der Waals surface area contributed by atoms with Crippen LogP contribution in [0.2, 0.25) is 0 Å². The Kier molecular flexibility index (Phi) is 7.56. The third-order valence-electron chi connectivity index (χ3n) is 3.95. The van der Waals surface area contributed by atoms with Gasteiger partial charge in [-0.3, -0.25) is 9.59 Å². The van der Waals surface area contributed by atoms with Gasteiger partial charge in [0.25, 0.3) is 5.91 Å². The molecular formula is C21H25N3O4. The lowest BCUT2D eigenvalue weighted by Gasteiger charge is -2.18. The summed E-state index contributed by atoms with van der Waals surface area (Å²) in [6, 6.07) is 9.07. The number of anilines is 1. The third kappa shape index (κ3) is 6.12. The second kappa shape index (κ2) is 10.1. The van der Waals surface area contributed by atoms with Crippen LogP contribution in [0.25, 0.3) is 0 Å². The van der Waals surface area contributed by atoms with Crippen LogP contribution in [0.4, 0.5) is 5.82 Å². The van der Waals surface area contributed by atoms with Gasteiger partial charge in [-0.1, -0.05) is 12.1 Å². The predicted molar refractivity (Wildman–Crippen MR) is 108 cm³/mol. The van der Waals surface area contributed by atoms with Crippen LogP contribution in [0.15, 0.2) is 49.2 Å². The fourth-order valence-electron chi connectivity index (χ4n) is 2.47. The van der Waals surface area contributed by atoms with Gasteiger partial charge >= 0.3 is 0 Å². The first-order valence-corrected chi connectivity index (χ1v) is 8.80. The lowest BCUT2D eigenvalue weighted by atomic mass is 10.1. The molecule has 0 bridgehead atoms. The minimum atomic E-state index is -0.333. The number of benzene rings is 1. The summed E-state index contributed by atoms with van der Waals surface area (Å²) < 4.78 is 10.9. The van der Waals surface area contributed by atoms with Crippen LogP contribution in [0.1, 0.15) is 11.1 Å². The number of aromatic nitrogens is 1. The Bertz CT molecular complexity index is 851. The van der Waals surface area contributed by atoms with Gasteiger partial charge in [0, 0.05) is 13.2 Å². The molecule has 148 valence electrons. The monoisotopic (exact) mass is 383 g/mol. The van der Waals surface area contributed by atoms with Crippen LogP contribution in [0.3, 0.4) is 0 Å². The number of nitrogens with zero attached hydrogens (tertiary/aromatic N) is 2. The zero-order valence-electron chi connectivity index (χ0n) is 16.4. The summed E-state index contributed by atoms with van der Waals surface area (Å²) in [6.45, 7) is 5.30. The van der Waals surface area contributed by atoms with E-state index in [1.165, 1.54) is 12.0 Å². The van der Waals surface area contributed by atoms with Gasteiger partial charge in [0.15, 0.2) is 18.1 Å². The summed E-state index contributed by atoms with van der Waals surface area (Å²) in [6.07, 6.45) is 4.12. The van der Waals surface area contributed by atoms with E-state index in [1.807, 2.05) is 25.1 Å². The average molecular weight is 383 g/mol. The number of pyridine rings is 1. The van der Waals surface area contributed by atoms with E-state index in [2.05, 4.69) is 16.9 Å². The first-order valence-electron chi connectivity index (χ1n) is 8.80. The molecule has 2 rings (SSSR count). The van der Waals surface area contributed by atoms with E-state index < -0.39 is 0 Å². The zero-order valence-corrected chi connectivity index (χ0v) is 16.4. The van der Waals surface area contributed by atoms with Crippen molar-refractivity contribution in [2.75, 3.05) is 32.6 Å². The van der Waals surface area contributed by atoms with Crippen molar-refractivity contribution >= 4 is 17.6 Å². The summed E-state index contributed by atoms with van der Waals surface area (Å²) in [7, 11) is 3.08. The molecule has 0 atom stereocenters. The highest BCUT2D eigenvalue weighted by molar-refractivity contribution is 5.94. The van der Waals surface area contributed by atoms with E-state index in [0.717, 1.165) is 11.1 Å². The number of likely N-dealkylation sites (N-methyl/N-ethyl adjacent to an activating group) is 1. The molecule has 0 radical (unpaired) electrons. The van der Waals surface area contributed by atoms with Crippen molar-refractivity contribution in [3.8, 4) is 11.5 Å². The minimum Gasteiger partial charge on any atom is -0.493 e. The number of carbonyl (C=O) groups excluding carboxylic acids is 2. The molecule has 7 nitrogen and oxygen atoms in total. The maximum atomic E-state index is 12.3. The van der Waals surface area contributed by atoms with Crippen LogP contribution < -0.4 is 14.8 Å². The molecule has 0 saturated heterocycles. The van der Waals surface area contributed by atoms with E-state index in [0.29, 0.717) is 23.7 Å². The fraction of sp³-hybridized carbons (Fsp3) is 0.286. The van der Waals surface area contributed by atoms with E-state index >= 15 is 0 Å². The number of nitrogens with one attached hydrogen (secondary N) is 1. The Morgan fingerprint density at radius 1 is 1.25 bits per heavy atom. The molecule has 2 amide bonds. The van der Waals surface area contributed by atoms with Gasteiger partial charge in [0.1, 0.15) is 5.82 Å². The Morgan fingerprint density at radius 3 is 2.71 bits per heavy atom. The van der Waals surface area contributed by atoms with Crippen molar-refractivity contribution in [1.82, 2.24) is 9.88 Å². The molecule has 7 heteroatoms. The highest BCUT2D eigenvalue weighted by Gasteiger charge is 2.15. The largest absolute Gasteiger partial charge is 0.493 e. The van der Waals surface area contributed by atoms with Crippen molar-refractivity contribution in [2.45, 2.75) is 13.3 Å². The topological polar surface area (TPSA) is 80.8 Å². The quantitative estimate of drug-likeness (QED) is 0.673. The molecule has 0 saturated carbocycles. The minimum absolute atomic E-state index is 0.104. The molecule has 1 heterocycles. The van der Waals surface area contributed by atoms with E-state index in [9.17, 15) is 9.59 Å². The van der Waals surface area contributed by atoms with Gasteiger partial charge in [-0.2, -0.15) is 0 Å². The van der Waals surface area contributed by atoms with Gasteiger partial charge in [-0.15, -0.1) is 6.58 Å². The van der Waals surface area contributed by atoms with Crippen molar-refractivity contribution in [3.63, 3.8) is 0 Å². The van der Waals surface area contributed by atoms with Gasteiger partial charge in [0.2, 0.25) is 5.91 Å². The number of hydrogen-bond acceptors (Lipinski definition) is 5. The molecule has 2 aromatic rings. The van der Waals surface area contributed by atoms with Crippen molar-refractivity contribution < 1.29 is 19.1 Å². The van der Waals surface area contributed by atoms with E-state index in [4.69, 9.17) is 9.47 Å². The third-order valence-corrected chi connectivity index (χ3v) is 3.95. The van der Waals surface area contributed by atoms with Crippen LogP contribution in [-0.2, 0) is 16.0 Å². The molecule has 0 aliphatic heterocycles. The van der Waals surface area contributed by atoms with Crippen LogP contribution in [0, 0.1) is 6.92 Å². The highest BCUT2D eigenvalue weighted by Crippen LogP contribution is 2.28. The molecule has 0 unspecified atom stereocenters. The van der Waals surface area contributed by atoms with Gasteiger partial charge in [-0.25, -0.2) is 4.98 Å². The second-order valence-corrected chi connectivity index (χ2v) is 6.28. The number of aryl methyl sites for hydroxylation is 1. The number of hydrogen-bond donors (Lipinski definition) is 1. The summed E-state index contributed by atoms with van der Waals surface area (Å²) in [4.78, 5) is 29.7. The first kappa shape index (κ1) is 21.0. The number of amides is 2. The maximum Gasteiger partial charge on any atom is 0.260 e. The summed E-state index contributed by atoms with van der Waals surface area (Å²) >= 11 is 0. The number of rotatable bonds is 9. The van der Waals surface area contributed by atoms with Crippen LogP contribution in [0.5, 0.6) is 11.5 Å². The predicted octanol–water partition coefficient (Wildman–Crippen LogP) is 2.60. The Balaban J connectivity index is 1.88. The highest BCUT2D eigenvalue weighted by atomic mass is 16.5. The standard InChI is InChI=1S/C21H25N3O4/c1-5-6-16-7-8-17(18(12-16)27-4)28-14-21(26)24(3)13-20(25)23-19-11-15(2)9-10-22-19/h5,7-12H,1,6,13-14H2,2-4H3,(H,22,23,25). The normalized spacial score (nSPS) is 10.1. The molecule has 28 heavy (non-hydrogen) atoms. The number of ether oxygens (including phenoxy) is 2. The molecule has 1 aromatic carbocycles. The average Bonchev–Trinajstić information content (AvgIpc) is 2.66. The smallest absolute Gasteiger partial charge is 0.260 e. The SMILES string of the molecule is C=CCc1ccc(OCC(=O)N(C)CC(=O)Nc2cc(C)ccn2)c(OC)c1. The fourth-order valence-corrected chi connectivity index (χ4v) is 2.47.